The fourth-order valence-electron chi connectivity index (χ4n) is 3.96. The summed E-state index contributed by atoms with van der Waals surface area (Å²) in [6.07, 6.45) is 3.09. The van der Waals surface area contributed by atoms with Gasteiger partial charge in [-0.25, -0.2) is 12.7 Å². The number of hydrogen-bond donors (Lipinski definition) is 0. The lowest BCUT2D eigenvalue weighted by Crippen LogP contribution is -2.58. The van der Waals surface area contributed by atoms with Crippen molar-refractivity contribution in [2.45, 2.75) is 32.2 Å². The number of thiophene rings is 1. The molecule has 3 rings (SSSR count). The first kappa shape index (κ1) is 18.8. The standard InChI is InChI=1S/C17H27N3O3S2/c1-4-17(7-8-20(13-17)25(3,22)23)19-11-9-18(10-12-19)16(21)15-6-5-14(2)24-15/h5-6H,4,7-13H2,1-3H3. The molecule has 0 N–H and O–H groups in total. The molecular weight excluding hydrogens is 358 g/mol. The van der Waals surface area contributed by atoms with Crippen LogP contribution in [0.25, 0.3) is 0 Å². The molecule has 1 unspecified atom stereocenters. The average Bonchev–Trinajstić information content (AvgIpc) is 3.21. The zero-order valence-corrected chi connectivity index (χ0v) is 16.8. The van der Waals surface area contributed by atoms with Gasteiger partial charge in [0, 0.05) is 49.7 Å². The van der Waals surface area contributed by atoms with Crippen LogP contribution in [0, 0.1) is 6.92 Å². The van der Waals surface area contributed by atoms with Gasteiger partial charge in [0.15, 0.2) is 0 Å². The van der Waals surface area contributed by atoms with Crippen molar-refractivity contribution in [1.82, 2.24) is 14.1 Å². The fraction of sp³-hybridized carbons (Fsp3) is 0.706. The minimum atomic E-state index is -3.14. The molecule has 0 aromatic carbocycles. The van der Waals surface area contributed by atoms with Crippen molar-refractivity contribution in [3.63, 3.8) is 0 Å². The number of amides is 1. The van der Waals surface area contributed by atoms with E-state index in [1.165, 1.54) is 6.26 Å². The highest BCUT2D eigenvalue weighted by molar-refractivity contribution is 7.88. The van der Waals surface area contributed by atoms with Gasteiger partial charge in [-0.05, 0) is 31.9 Å². The van der Waals surface area contributed by atoms with Crippen LogP contribution < -0.4 is 0 Å². The monoisotopic (exact) mass is 385 g/mol. The topological polar surface area (TPSA) is 60.9 Å². The van der Waals surface area contributed by atoms with Gasteiger partial charge in [-0.2, -0.15) is 0 Å². The maximum Gasteiger partial charge on any atom is 0.264 e. The molecule has 0 saturated carbocycles. The van der Waals surface area contributed by atoms with Crippen LogP contribution >= 0.6 is 11.3 Å². The second-order valence-corrected chi connectivity index (χ2v) is 10.4. The van der Waals surface area contributed by atoms with Gasteiger partial charge < -0.3 is 4.90 Å². The van der Waals surface area contributed by atoms with Gasteiger partial charge >= 0.3 is 0 Å². The minimum Gasteiger partial charge on any atom is -0.335 e. The second kappa shape index (κ2) is 6.98. The van der Waals surface area contributed by atoms with Crippen LogP contribution in [0.15, 0.2) is 12.1 Å². The van der Waals surface area contributed by atoms with Gasteiger partial charge in [0.1, 0.15) is 0 Å². The highest BCUT2D eigenvalue weighted by atomic mass is 32.2. The number of piperazine rings is 1. The van der Waals surface area contributed by atoms with E-state index >= 15 is 0 Å². The van der Waals surface area contributed by atoms with Gasteiger partial charge in [0.05, 0.1) is 11.1 Å². The molecule has 25 heavy (non-hydrogen) atoms. The average molecular weight is 386 g/mol. The maximum absolute atomic E-state index is 12.6. The van der Waals surface area contributed by atoms with Gasteiger partial charge in [0.2, 0.25) is 10.0 Å². The summed E-state index contributed by atoms with van der Waals surface area (Å²) in [6, 6.07) is 3.89. The minimum absolute atomic E-state index is 0.0856. The molecule has 0 spiro atoms. The van der Waals surface area contributed by atoms with E-state index in [4.69, 9.17) is 0 Å². The van der Waals surface area contributed by atoms with Crippen molar-refractivity contribution >= 4 is 27.3 Å². The van der Waals surface area contributed by atoms with Crippen molar-refractivity contribution in [1.29, 1.82) is 0 Å². The molecule has 1 amide bonds. The van der Waals surface area contributed by atoms with E-state index in [2.05, 4.69) is 11.8 Å². The smallest absolute Gasteiger partial charge is 0.264 e. The molecular formula is C17H27N3O3S2. The molecule has 0 bridgehead atoms. The summed E-state index contributed by atoms with van der Waals surface area (Å²) in [5.41, 5.74) is -0.0856. The lowest BCUT2D eigenvalue weighted by atomic mass is 9.92. The Morgan fingerprint density at radius 3 is 2.36 bits per heavy atom. The third kappa shape index (κ3) is 3.77. The molecule has 3 heterocycles. The van der Waals surface area contributed by atoms with Crippen LogP contribution in [0.3, 0.4) is 0 Å². The van der Waals surface area contributed by atoms with Gasteiger partial charge in [0.25, 0.3) is 5.91 Å². The first-order valence-electron chi connectivity index (χ1n) is 8.81. The lowest BCUT2D eigenvalue weighted by molar-refractivity contribution is 0.0315. The van der Waals surface area contributed by atoms with Gasteiger partial charge in [-0.1, -0.05) is 6.92 Å². The van der Waals surface area contributed by atoms with Crippen LogP contribution in [0.4, 0.5) is 0 Å². The van der Waals surface area contributed by atoms with Gasteiger partial charge in [-0.3, -0.25) is 9.69 Å². The summed E-state index contributed by atoms with van der Waals surface area (Å²) in [5.74, 6) is 0.118. The number of carbonyl (C=O) groups is 1. The zero-order valence-electron chi connectivity index (χ0n) is 15.2. The molecule has 2 aliphatic heterocycles. The molecule has 2 saturated heterocycles. The van der Waals surface area contributed by atoms with E-state index < -0.39 is 10.0 Å². The van der Waals surface area contributed by atoms with Crippen LogP contribution in [-0.2, 0) is 10.0 Å². The molecule has 1 atom stereocenters. The molecule has 1 aromatic heterocycles. The third-order valence-corrected chi connectivity index (χ3v) is 7.85. The molecule has 8 heteroatoms. The highest BCUT2D eigenvalue weighted by Crippen LogP contribution is 2.33. The predicted molar refractivity (Wildman–Crippen MR) is 101 cm³/mol. The normalized spacial score (nSPS) is 26.3. The van der Waals surface area contributed by atoms with Crippen molar-refractivity contribution in [3.8, 4) is 0 Å². The van der Waals surface area contributed by atoms with Crippen molar-refractivity contribution in [2.75, 3.05) is 45.5 Å². The quantitative estimate of drug-likeness (QED) is 0.790. The number of aryl methyl sites for hydroxylation is 1. The van der Waals surface area contributed by atoms with Crippen molar-refractivity contribution in [3.05, 3.63) is 21.9 Å². The zero-order chi connectivity index (χ0) is 18.2. The maximum atomic E-state index is 12.6. The summed E-state index contributed by atoms with van der Waals surface area (Å²) in [6.45, 7) is 8.34. The van der Waals surface area contributed by atoms with Gasteiger partial charge in [-0.15, -0.1) is 11.3 Å². The Hall–Kier alpha value is -0.960. The molecule has 2 fully saturated rings. The lowest BCUT2D eigenvalue weighted by Gasteiger charge is -2.45. The first-order chi connectivity index (χ1) is 11.7. The van der Waals surface area contributed by atoms with E-state index in [0.717, 1.165) is 35.7 Å². The van der Waals surface area contributed by atoms with E-state index in [1.54, 1.807) is 15.6 Å². The molecule has 0 aliphatic carbocycles. The Balaban J connectivity index is 1.64. The van der Waals surface area contributed by atoms with E-state index in [1.807, 2.05) is 24.0 Å². The van der Waals surface area contributed by atoms with Crippen LogP contribution in [-0.4, -0.2) is 79.5 Å². The van der Waals surface area contributed by atoms with E-state index in [0.29, 0.717) is 26.2 Å². The van der Waals surface area contributed by atoms with Crippen LogP contribution in [0.2, 0.25) is 0 Å². The summed E-state index contributed by atoms with van der Waals surface area (Å²) in [5, 5.41) is 0. The van der Waals surface area contributed by atoms with Crippen LogP contribution in [0.1, 0.15) is 34.3 Å². The second-order valence-electron chi connectivity index (χ2n) is 7.11. The first-order valence-corrected chi connectivity index (χ1v) is 11.5. The Labute approximate surface area is 154 Å². The Kier molecular flexibility index (Phi) is 5.26. The van der Waals surface area contributed by atoms with Crippen LogP contribution in [0.5, 0.6) is 0 Å². The Morgan fingerprint density at radius 2 is 1.88 bits per heavy atom. The molecule has 0 radical (unpaired) electrons. The molecule has 1 aromatic rings. The molecule has 6 nitrogen and oxygen atoms in total. The summed E-state index contributed by atoms with van der Waals surface area (Å²) >= 11 is 1.54. The van der Waals surface area contributed by atoms with E-state index in [-0.39, 0.29) is 11.4 Å². The number of hydrogen-bond acceptors (Lipinski definition) is 5. The highest BCUT2D eigenvalue weighted by Gasteiger charge is 2.45. The number of nitrogens with zero attached hydrogens (tertiary/aromatic N) is 3. The fourth-order valence-corrected chi connectivity index (χ4v) is 5.69. The summed E-state index contributed by atoms with van der Waals surface area (Å²) in [7, 11) is -3.14. The third-order valence-electron chi connectivity index (χ3n) is 5.61. The van der Waals surface area contributed by atoms with Crippen molar-refractivity contribution < 1.29 is 13.2 Å². The van der Waals surface area contributed by atoms with Crippen molar-refractivity contribution in [2.24, 2.45) is 0 Å². The Bertz CT molecular complexity index is 738. The number of rotatable bonds is 4. The molecule has 2 aliphatic rings. The number of carbonyl (C=O) groups excluding carboxylic acids is 1. The Morgan fingerprint density at radius 1 is 1.20 bits per heavy atom. The largest absolute Gasteiger partial charge is 0.335 e. The van der Waals surface area contributed by atoms with E-state index in [9.17, 15) is 13.2 Å². The number of sulfonamides is 1. The molecule has 140 valence electrons. The summed E-state index contributed by atoms with van der Waals surface area (Å²) in [4.78, 5) is 18.9. The summed E-state index contributed by atoms with van der Waals surface area (Å²) < 4.78 is 25.4. The predicted octanol–water partition coefficient (Wildman–Crippen LogP) is 1.63. The SMILES string of the molecule is CCC1(N2CCN(C(=O)c3ccc(C)s3)CC2)CCN(S(C)(=O)=O)C1.